The lowest BCUT2D eigenvalue weighted by atomic mass is 9.96. The summed E-state index contributed by atoms with van der Waals surface area (Å²) in [4.78, 5) is 14.7. The lowest BCUT2D eigenvalue weighted by Crippen LogP contribution is -2.01. The largest absolute Gasteiger partial charge is 0.456 e. The molecule has 0 aliphatic rings. The third-order valence-electron chi connectivity index (χ3n) is 7.97. The van der Waals surface area contributed by atoms with E-state index in [2.05, 4.69) is 24.3 Å². The molecule has 4 heteroatoms. The third kappa shape index (κ3) is 3.81. The van der Waals surface area contributed by atoms with Gasteiger partial charge in [-0.05, 0) is 56.6 Å². The highest BCUT2D eigenvalue weighted by Crippen LogP contribution is 2.39. The van der Waals surface area contributed by atoms with E-state index in [-0.39, 0.29) is 23.5 Å². The van der Waals surface area contributed by atoms with E-state index in [1.54, 1.807) is 0 Å². The summed E-state index contributed by atoms with van der Waals surface area (Å²) in [6.07, 6.45) is 0. The summed E-state index contributed by atoms with van der Waals surface area (Å²) < 4.78 is 48.8. The second-order valence-electron chi connectivity index (χ2n) is 10.5. The van der Waals surface area contributed by atoms with Crippen LogP contribution in [-0.4, -0.2) is 15.0 Å². The summed E-state index contributed by atoms with van der Waals surface area (Å²) in [7, 11) is 0. The van der Waals surface area contributed by atoms with Crippen molar-refractivity contribution < 1.29 is 11.3 Å². The fraction of sp³-hybridized carbons (Fsp3) is 0. The molecule has 2 heterocycles. The summed E-state index contributed by atoms with van der Waals surface area (Å²) in [6.45, 7) is 0. The normalized spacial score (nSPS) is 13.3. The van der Waals surface area contributed by atoms with Gasteiger partial charge in [0, 0.05) is 27.5 Å². The van der Waals surface area contributed by atoms with Crippen molar-refractivity contribution in [3.63, 3.8) is 0 Å². The summed E-state index contributed by atoms with van der Waals surface area (Å²) in [5.74, 6) is 0.596. The van der Waals surface area contributed by atoms with Gasteiger partial charge >= 0.3 is 0 Å². The van der Waals surface area contributed by atoms with Crippen LogP contribution in [-0.2, 0) is 0 Å². The molecule has 9 aromatic rings. The molecule has 0 radical (unpaired) electrons. The molecule has 4 nitrogen and oxygen atoms in total. The number of hydrogen-bond acceptors (Lipinski definition) is 4. The van der Waals surface area contributed by atoms with Gasteiger partial charge in [-0.1, -0.05) is 115 Å². The Labute approximate surface area is 253 Å². The summed E-state index contributed by atoms with van der Waals surface area (Å²) in [5.41, 5.74) is 2.68. The molecule has 0 amide bonds. The third-order valence-corrected chi connectivity index (χ3v) is 7.97. The zero-order valence-corrected chi connectivity index (χ0v) is 22.6. The molecule has 0 aliphatic heterocycles. The Morgan fingerprint density at radius 3 is 1.93 bits per heavy atom. The molecular formula is C39H23N3O. The molecule has 0 aliphatic carbocycles. The van der Waals surface area contributed by atoms with Gasteiger partial charge in [-0.25, -0.2) is 15.0 Å². The first-order valence-corrected chi connectivity index (χ1v) is 14.0. The second kappa shape index (κ2) is 9.33. The first-order valence-electron chi connectivity index (χ1n) is 16.5. The second-order valence-corrected chi connectivity index (χ2v) is 10.5. The molecule has 0 fully saturated rings. The van der Waals surface area contributed by atoms with Crippen molar-refractivity contribution in [2.75, 3.05) is 0 Å². The zero-order valence-electron chi connectivity index (χ0n) is 27.6. The molecule has 0 bridgehead atoms. The highest BCUT2D eigenvalue weighted by molar-refractivity contribution is 6.16. The van der Waals surface area contributed by atoms with E-state index < -0.39 is 18.1 Å². The number of nitrogens with zero attached hydrogens (tertiary/aromatic N) is 3. The van der Waals surface area contributed by atoms with Gasteiger partial charge in [-0.2, -0.15) is 0 Å². The molecule has 0 saturated carbocycles. The lowest BCUT2D eigenvalue weighted by molar-refractivity contribution is 0.669. The molecule has 43 heavy (non-hydrogen) atoms. The lowest BCUT2D eigenvalue weighted by Gasteiger charge is -2.12. The molecule has 0 spiro atoms. The Morgan fingerprint density at radius 1 is 0.465 bits per heavy atom. The Balaban J connectivity index is 1.40. The van der Waals surface area contributed by atoms with Crippen LogP contribution in [0.3, 0.4) is 0 Å². The molecule has 200 valence electrons. The molecule has 9 rings (SSSR count). The molecule has 2 aromatic heterocycles. The average molecular weight is 555 g/mol. The van der Waals surface area contributed by atoms with Crippen LogP contribution in [0.2, 0.25) is 0 Å². The predicted octanol–water partition coefficient (Wildman–Crippen LogP) is 10.2. The van der Waals surface area contributed by atoms with Gasteiger partial charge in [0.05, 0.1) is 6.85 Å². The quantitative estimate of drug-likeness (QED) is 0.204. The first-order chi connectivity index (χ1) is 23.4. The number of hydrogen-bond donors (Lipinski definition) is 0. The summed E-state index contributed by atoms with van der Waals surface area (Å²) in [5, 5.41) is 7.82. The van der Waals surface area contributed by atoms with Crippen LogP contribution >= 0.6 is 0 Å². The van der Waals surface area contributed by atoms with Crippen molar-refractivity contribution >= 4 is 54.3 Å². The van der Waals surface area contributed by atoms with E-state index in [4.69, 9.17) is 26.2 Å². The van der Waals surface area contributed by atoms with E-state index in [9.17, 15) is 0 Å². The van der Waals surface area contributed by atoms with Gasteiger partial charge in [0.1, 0.15) is 11.2 Å². The Kier molecular flexibility index (Phi) is 4.18. The summed E-state index contributed by atoms with van der Waals surface area (Å²) >= 11 is 0. The van der Waals surface area contributed by atoms with Gasteiger partial charge in [-0.15, -0.1) is 0 Å². The molecule has 0 atom stereocenters. The maximum atomic E-state index is 8.77. The van der Waals surface area contributed by atoms with Crippen molar-refractivity contribution in [2.24, 2.45) is 0 Å². The van der Waals surface area contributed by atoms with E-state index in [0.29, 0.717) is 22.8 Å². The standard InChI is InChI=1S/C39H23N3O/c1-2-11-24(12-3-1)37-40-38(31-19-10-20-34-36(31)33-21-25-13-4-5-14-26(25)23-35(33)43-34)42-39(41-37)32-22-27-15-6-7-16-28(27)29-17-8-9-18-30(29)32/h1-23H/i1D,2D,3D,11D,12D. The van der Waals surface area contributed by atoms with E-state index >= 15 is 0 Å². The van der Waals surface area contributed by atoms with Crippen LogP contribution < -0.4 is 0 Å². The van der Waals surface area contributed by atoms with Gasteiger partial charge in [0.2, 0.25) is 0 Å². The minimum absolute atomic E-state index is 0.0144. The van der Waals surface area contributed by atoms with Gasteiger partial charge in [-0.3, -0.25) is 0 Å². The van der Waals surface area contributed by atoms with Gasteiger partial charge in [0.15, 0.2) is 17.5 Å². The highest BCUT2D eigenvalue weighted by atomic mass is 16.3. The number of rotatable bonds is 3. The maximum Gasteiger partial charge on any atom is 0.164 e. The van der Waals surface area contributed by atoms with Crippen molar-refractivity contribution in [1.29, 1.82) is 0 Å². The van der Waals surface area contributed by atoms with Crippen LogP contribution in [0.15, 0.2) is 144 Å². The topological polar surface area (TPSA) is 51.8 Å². The van der Waals surface area contributed by atoms with Gasteiger partial charge < -0.3 is 4.42 Å². The maximum absolute atomic E-state index is 8.77. The Morgan fingerprint density at radius 2 is 1.12 bits per heavy atom. The number of aromatic nitrogens is 3. The van der Waals surface area contributed by atoms with Crippen LogP contribution in [0.25, 0.3) is 88.4 Å². The molecule has 0 N–H and O–H groups in total. The van der Waals surface area contributed by atoms with E-state index in [0.717, 1.165) is 54.2 Å². The molecule has 0 unspecified atom stereocenters. The van der Waals surface area contributed by atoms with E-state index in [1.165, 1.54) is 0 Å². The van der Waals surface area contributed by atoms with Crippen molar-refractivity contribution in [2.45, 2.75) is 0 Å². The SMILES string of the molecule is [2H]c1c([2H])c([2H])c(-c2nc(-c3cc4ccccc4c4ccccc34)nc(-c3cccc4oc5cc6ccccc6cc5c34)n2)c([2H])c1[2H]. The van der Waals surface area contributed by atoms with Crippen molar-refractivity contribution in [3.05, 3.63) is 139 Å². The number of fused-ring (bicyclic) bond motifs is 7. The summed E-state index contributed by atoms with van der Waals surface area (Å²) in [6, 6.07) is 33.9. The molecule has 7 aromatic carbocycles. The van der Waals surface area contributed by atoms with Crippen molar-refractivity contribution in [3.8, 4) is 34.2 Å². The fourth-order valence-corrected chi connectivity index (χ4v) is 6.03. The Bertz CT molecular complexity index is 2780. The smallest absolute Gasteiger partial charge is 0.164 e. The number of benzene rings is 7. The Hall–Kier alpha value is -5.87. The highest BCUT2D eigenvalue weighted by Gasteiger charge is 2.19. The van der Waals surface area contributed by atoms with Crippen molar-refractivity contribution in [1.82, 2.24) is 15.0 Å². The number of furan rings is 1. The van der Waals surface area contributed by atoms with Crippen LogP contribution in [0, 0.1) is 0 Å². The van der Waals surface area contributed by atoms with Crippen LogP contribution in [0.4, 0.5) is 0 Å². The predicted molar refractivity (Wildman–Crippen MR) is 176 cm³/mol. The van der Waals surface area contributed by atoms with Crippen LogP contribution in [0.1, 0.15) is 6.85 Å². The van der Waals surface area contributed by atoms with Gasteiger partial charge in [0.25, 0.3) is 0 Å². The minimum Gasteiger partial charge on any atom is -0.456 e. The minimum atomic E-state index is -0.481. The fourth-order valence-electron chi connectivity index (χ4n) is 6.03. The first kappa shape index (κ1) is 19.3. The molecular weight excluding hydrogens is 526 g/mol. The monoisotopic (exact) mass is 554 g/mol. The zero-order chi connectivity index (χ0) is 32.7. The van der Waals surface area contributed by atoms with Crippen LogP contribution in [0.5, 0.6) is 0 Å². The average Bonchev–Trinajstić information content (AvgIpc) is 3.49. The van der Waals surface area contributed by atoms with E-state index in [1.807, 2.05) is 84.9 Å². The molecule has 0 saturated heterocycles.